The van der Waals surface area contributed by atoms with Crippen molar-refractivity contribution in [3.05, 3.63) is 22.4 Å². The van der Waals surface area contributed by atoms with Crippen LogP contribution in [-0.4, -0.2) is 36.1 Å². The van der Waals surface area contributed by atoms with Gasteiger partial charge in [0, 0.05) is 24.6 Å². The summed E-state index contributed by atoms with van der Waals surface area (Å²) in [6.45, 7) is 8.43. The molecule has 1 aliphatic rings. The summed E-state index contributed by atoms with van der Waals surface area (Å²) in [6, 6.07) is 4.13. The van der Waals surface area contributed by atoms with Gasteiger partial charge in [-0.3, -0.25) is 10.1 Å². The van der Waals surface area contributed by atoms with Crippen LogP contribution < -0.4 is 5.32 Å². The van der Waals surface area contributed by atoms with E-state index in [1.54, 1.807) is 11.3 Å². The Morgan fingerprint density at radius 2 is 2.24 bits per heavy atom. The number of nitrogens with one attached hydrogen (secondary N) is 1. The maximum absolute atomic E-state index is 12.7. The lowest BCUT2D eigenvalue weighted by Gasteiger charge is -2.23. The zero-order chi connectivity index (χ0) is 15.3. The van der Waals surface area contributed by atoms with Gasteiger partial charge in [-0.05, 0) is 37.6 Å². The lowest BCUT2D eigenvalue weighted by Crippen LogP contribution is -2.43. The smallest absolute Gasteiger partial charge is 0.244 e. The van der Waals surface area contributed by atoms with Crippen molar-refractivity contribution in [3.8, 4) is 0 Å². The first-order valence-corrected chi connectivity index (χ1v) is 8.70. The van der Waals surface area contributed by atoms with Crippen molar-refractivity contribution in [2.24, 2.45) is 0 Å². The highest BCUT2D eigenvalue weighted by Gasteiger charge is 2.47. The van der Waals surface area contributed by atoms with Gasteiger partial charge >= 0.3 is 0 Å². The fourth-order valence-electron chi connectivity index (χ4n) is 2.61. The van der Waals surface area contributed by atoms with Crippen LogP contribution in [-0.2, 0) is 9.53 Å². The van der Waals surface area contributed by atoms with Crippen LogP contribution in [0.15, 0.2) is 17.5 Å². The third-order valence-electron chi connectivity index (χ3n) is 4.06. The van der Waals surface area contributed by atoms with E-state index >= 15 is 0 Å². The molecule has 2 heterocycles. The molecule has 0 spiro atoms. The summed E-state index contributed by atoms with van der Waals surface area (Å²) in [6.07, 6.45) is 2.73. The molecule has 2 unspecified atom stereocenters. The summed E-state index contributed by atoms with van der Waals surface area (Å²) >= 11 is 1.70. The van der Waals surface area contributed by atoms with Gasteiger partial charge < -0.3 is 9.64 Å². The number of nitrogens with zero attached hydrogens (tertiary/aromatic N) is 1. The lowest BCUT2D eigenvalue weighted by atomic mass is 9.99. The van der Waals surface area contributed by atoms with Crippen LogP contribution in [0.2, 0.25) is 0 Å². The Kier molecular flexibility index (Phi) is 5.79. The Bertz CT molecular complexity index is 449. The second-order valence-electron chi connectivity index (χ2n) is 5.71. The van der Waals surface area contributed by atoms with Crippen molar-refractivity contribution in [2.75, 3.05) is 19.8 Å². The summed E-state index contributed by atoms with van der Waals surface area (Å²) in [5.41, 5.74) is -0.446. The average Bonchev–Trinajstić information content (AvgIpc) is 3.09. The Morgan fingerprint density at radius 3 is 2.86 bits per heavy atom. The van der Waals surface area contributed by atoms with Crippen molar-refractivity contribution in [3.63, 3.8) is 0 Å². The van der Waals surface area contributed by atoms with Gasteiger partial charge in [0.15, 0.2) is 0 Å². The van der Waals surface area contributed by atoms with Crippen LogP contribution in [0.1, 0.15) is 51.1 Å². The molecule has 0 radical (unpaired) electrons. The maximum Gasteiger partial charge on any atom is 0.244 e. The van der Waals surface area contributed by atoms with E-state index in [1.807, 2.05) is 17.9 Å². The molecule has 0 aromatic carbocycles. The molecular weight excluding hydrogens is 284 g/mol. The van der Waals surface area contributed by atoms with Crippen LogP contribution in [0.4, 0.5) is 0 Å². The minimum Gasteiger partial charge on any atom is -0.381 e. The van der Waals surface area contributed by atoms with Crippen LogP contribution in [0.3, 0.4) is 0 Å². The predicted octanol–water partition coefficient (Wildman–Crippen LogP) is 3.16. The largest absolute Gasteiger partial charge is 0.381 e. The Labute approximate surface area is 131 Å². The van der Waals surface area contributed by atoms with Crippen LogP contribution in [0.5, 0.6) is 0 Å². The third kappa shape index (κ3) is 3.65. The lowest BCUT2D eigenvalue weighted by molar-refractivity contribution is -0.133. The maximum atomic E-state index is 12.7. The molecule has 0 bridgehead atoms. The second-order valence-corrected chi connectivity index (χ2v) is 6.69. The third-order valence-corrected chi connectivity index (χ3v) is 4.98. The molecule has 4 nitrogen and oxygen atoms in total. The normalized spacial score (nSPS) is 25.8. The van der Waals surface area contributed by atoms with E-state index in [4.69, 9.17) is 4.74 Å². The minimum atomic E-state index is -0.446. The number of rotatable bonds is 8. The molecule has 1 aromatic heterocycles. The standard InChI is InChI=1S/C16H26N2O2S/c1-4-10-20-11-7-9-18-14(13-8-6-12-21-13)17-16(3,5-2)15(18)19/h6,8,12,14,17H,4-5,7,9-11H2,1-3H3. The molecule has 1 fully saturated rings. The van der Waals surface area contributed by atoms with E-state index in [0.717, 1.165) is 39.0 Å². The molecule has 1 N–H and O–H groups in total. The summed E-state index contributed by atoms with van der Waals surface area (Å²) in [5, 5.41) is 5.58. The van der Waals surface area contributed by atoms with E-state index in [-0.39, 0.29) is 12.1 Å². The zero-order valence-electron chi connectivity index (χ0n) is 13.2. The SMILES string of the molecule is CCCOCCCN1C(=O)C(C)(CC)NC1c1cccs1. The molecule has 2 rings (SSSR count). The Balaban J connectivity index is 2.02. The summed E-state index contributed by atoms with van der Waals surface area (Å²) in [7, 11) is 0. The highest BCUT2D eigenvalue weighted by molar-refractivity contribution is 7.10. The van der Waals surface area contributed by atoms with Crippen molar-refractivity contribution in [1.82, 2.24) is 10.2 Å². The van der Waals surface area contributed by atoms with E-state index in [2.05, 4.69) is 30.6 Å². The van der Waals surface area contributed by atoms with Crippen LogP contribution >= 0.6 is 11.3 Å². The Morgan fingerprint density at radius 1 is 1.43 bits per heavy atom. The number of thiophene rings is 1. The van der Waals surface area contributed by atoms with Crippen LogP contribution in [0, 0.1) is 0 Å². The van der Waals surface area contributed by atoms with Gasteiger partial charge in [-0.1, -0.05) is 19.9 Å². The van der Waals surface area contributed by atoms with Crippen LogP contribution in [0.25, 0.3) is 0 Å². The molecule has 0 saturated carbocycles. The van der Waals surface area contributed by atoms with E-state index in [1.165, 1.54) is 4.88 Å². The van der Waals surface area contributed by atoms with E-state index in [0.29, 0.717) is 0 Å². The molecule has 2 atom stereocenters. The molecule has 21 heavy (non-hydrogen) atoms. The molecular formula is C16H26N2O2S. The Hall–Kier alpha value is -0.910. The molecule has 1 aromatic rings. The molecule has 5 heteroatoms. The number of hydrogen-bond acceptors (Lipinski definition) is 4. The topological polar surface area (TPSA) is 41.6 Å². The molecule has 1 aliphatic heterocycles. The van der Waals surface area contributed by atoms with Gasteiger partial charge in [0.2, 0.25) is 5.91 Å². The first kappa shape index (κ1) is 16.5. The number of carbonyl (C=O) groups is 1. The monoisotopic (exact) mass is 310 g/mol. The second kappa shape index (κ2) is 7.38. The quantitative estimate of drug-likeness (QED) is 0.750. The first-order chi connectivity index (χ1) is 10.1. The zero-order valence-corrected chi connectivity index (χ0v) is 14.0. The minimum absolute atomic E-state index is 0.00799. The predicted molar refractivity (Wildman–Crippen MR) is 86.3 cm³/mol. The number of ether oxygens (including phenoxy) is 1. The van der Waals surface area contributed by atoms with Crippen molar-refractivity contribution < 1.29 is 9.53 Å². The molecule has 0 aliphatic carbocycles. The fraction of sp³-hybridized carbons (Fsp3) is 0.688. The molecule has 118 valence electrons. The molecule has 1 saturated heterocycles. The van der Waals surface area contributed by atoms with Gasteiger partial charge in [-0.15, -0.1) is 11.3 Å². The van der Waals surface area contributed by atoms with E-state index in [9.17, 15) is 4.79 Å². The highest BCUT2D eigenvalue weighted by atomic mass is 32.1. The highest BCUT2D eigenvalue weighted by Crippen LogP contribution is 2.34. The fourth-order valence-corrected chi connectivity index (χ4v) is 3.40. The number of carbonyl (C=O) groups excluding carboxylic acids is 1. The van der Waals surface area contributed by atoms with Crippen molar-refractivity contribution in [1.29, 1.82) is 0 Å². The number of amides is 1. The van der Waals surface area contributed by atoms with Crippen molar-refractivity contribution >= 4 is 17.2 Å². The summed E-state index contributed by atoms with van der Waals surface area (Å²) in [5.74, 6) is 0.207. The molecule has 1 amide bonds. The number of hydrogen-bond donors (Lipinski definition) is 1. The summed E-state index contributed by atoms with van der Waals surface area (Å²) < 4.78 is 5.53. The van der Waals surface area contributed by atoms with E-state index < -0.39 is 5.54 Å². The van der Waals surface area contributed by atoms with Crippen molar-refractivity contribution in [2.45, 2.75) is 51.7 Å². The van der Waals surface area contributed by atoms with Gasteiger partial charge in [-0.2, -0.15) is 0 Å². The first-order valence-electron chi connectivity index (χ1n) is 7.82. The van der Waals surface area contributed by atoms with Gasteiger partial charge in [0.1, 0.15) is 6.17 Å². The average molecular weight is 310 g/mol. The van der Waals surface area contributed by atoms with Gasteiger partial charge in [0.05, 0.1) is 5.54 Å². The van der Waals surface area contributed by atoms with Gasteiger partial charge in [0.25, 0.3) is 0 Å². The van der Waals surface area contributed by atoms with Gasteiger partial charge in [-0.25, -0.2) is 0 Å². The summed E-state index contributed by atoms with van der Waals surface area (Å²) in [4.78, 5) is 15.9.